The van der Waals surface area contributed by atoms with Crippen molar-refractivity contribution in [2.24, 2.45) is 0 Å². The van der Waals surface area contributed by atoms with E-state index in [1.807, 2.05) is 24.3 Å². The summed E-state index contributed by atoms with van der Waals surface area (Å²) in [4.78, 5) is 24.5. The van der Waals surface area contributed by atoms with Gasteiger partial charge in [0.2, 0.25) is 11.8 Å². The fourth-order valence-electron chi connectivity index (χ4n) is 2.88. The second kappa shape index (κ2) is 6.43. The average Bonchev–Trinajstić information content (AvgIpc) is 2.53. The van der Waals surface area contributed by atoms with Gasteiger partial charge in [0.05, 0.1) is 5.92 Å². The number of halogens is 1. The zero-order valence-electron chi connectivity index (χ0n) is 13.6. The molecule has 0 fully saturated rings. The Morgan fingerprint density at radius 2 is 2.04 bits per heavy atom. The number of hydrogen-bond donors (Lipinski definition) is 2. The normalized spacial score (nSPS) is 16.5. The summed E-state index contributed by atoms with van der Waals surface area (Å²) in [6, 6.07) is 11.7. The summed E-state index contributed by atoms with van der Waals surface area (Å²) in [6.45, 7) is 4.16. The van der Waals surface area contributed by atoms with E-state index in [2.05, 4.69) is 24.5 Å². The van der Waals surface area contributed by atoms with Crippen LogP contribution in [0.3, 0.4) is 0 Å². The number of benzene rings is 2. The standard InChI is InChI=1S/C19H19FN2O2/c1-11(2)12-4-3-5-14(8-12)21-19(24)16-10-18(23)22-17-9-13(20)6-7-15(16)17/h3-9,11,16H,10H2,1-2H3,(H,21,24)(H,22,23)/t16-/m1/s1. The van der Waals surface area contributed by atoms with Gasteiger partial charge in [-0.25, -0.2) is 4.39 Å². The molecule has 2 amide bonds. The molecule has 0 spiro atoms. The molecule has 0 saturated heterocycles. The van der Waals surface area contributed by atoms with Gasteiger partial charge in [-0.1, -0.05) is 32.0 Å². The first kappa shape index (κ1) is 16.2. The van der Waals surface area contributed by atoms with Crippen molar-refractivity contribution in [3.8, 4) is 0 Å². The topological polar surface area (TPSA) is 58.2 Å². The zero-order valence-corrected chi connectivity index (χ0v) is 13.6. The van der Waals surface area contributed by atoms with Gasteiger partial charge in [0.15, 0.2) is 0 Å². The van der Waals surface area contributed by atoms with Crippen LogP contribution in [-0.2, 0) is 9.59 Å². The molecule has 1 atom stereocenters. The Kier molecular flexibility index (Phi) is 4.34. The number of rotatable bonds is 3. The Morgan fingerprint density at radius 3 is 2.79 bits per heavy atom. The monoisotopic (exact) mass is 326 g/mol. The van der Waals surface area contributed by atoms with Crippen LogP contribution in [-0.4, -0.2) is 11.8 Å². The number of anilines is 2. The van der Waals surface area contributed by atoms with E-state index in [0.717, 1.165) is 5.56 Å². The number of carbonyl (C=O) groups is 2. The lowest BCUT2D eigenvalue weighted by Crippen LogP contribution is -2.30. The van der Waals surface area contributed by atoms with E-state index in [-0.39, 0.29) is 18.2 Å². The Labute approximate surface area is 140 Å². The number of carbonyl (C=O) groups excluding carboxylic acids is 2. The molecule has 0 aliphatic carbocycles. The molecule has 4 nitrogen and oxygen atoms in total. The number of nitrogens with one attached hydrogen (secondary N) is 2. The molecule has 2 aromatic rings. The SMILES string of the molecule is CC(C)c1cccc(NC(=O)[C@@H]2CC(=O)Nc3cc(F)ccc32)c1. The van der Waals surface area contributed by atoms with Crippen LogP contribution < -0.4 is 10.6 Å². The zero-order chi connectivity index (χ0) is 17.3. The van der Waals surface area contributed by atoms with Crippen LogP contribution in [0, 0.1) is 5.82 Å². The number of amides is 2. The van der Waals surface area contributed by atoms with E-state index < -0.39 is 11.7 Å². The molecule has 24 heavy (non-hydrogen) atoms. The van der Waals surface area contributed by atoms with Gasteiger partial charge >= 0.3 is 0 Å². The molecule has 1 aliphatic heterocycles. The molecule has 1 heterocycles. The lowest BCUT2D eigenvalue weighted by Gasteiger charge is -2.25. The first-order valence-corrected chi connectivity index (χ1v) is 7.94. The molecule has 5 heteroatoms. The summed E-state index contributed by atoms with van der Waals surface area (Å²) in [7, 11) is 0. The molecule has 124 valence electrons. The molecular formula is C19H19FN2O2. The quantitative estimate of drug-likeness (QED) is 0.895. The number of hydrogen-bond acceptors (Lipinski definition) is 2. The van der Waals surface area contributed by atoms with Gasteiger partial charge in [0.25, 0.3) is 0 Å². The molecule has 0 aromatic heterocycles. The summed E-state index contributed by atoms with van der Waals surface area (Å²) in [5.41, 5.74) is 2.81. The maximum absolute atomic E-state index is 13.4. The predicted molar refractivity (Wildman–Crippen MR) is 91.5 cm³/mol. The highest BCUT2D eigenvalue weighted by Crippen LogP contribution is 2.33. The maximum atomic E-state index is 13.4. The molecule has 2 aromatic carbocycles. The van der Waals surface area contributed by atoms with E-state index in [1.54, 1.807) is 6.07 Å². The van der Waals surface area contributed by atoms with Crippen molar-refractivity contribution in [2.45, 2.75) is 32.1 Å². The van der Waals surface area contributed by atoms with Crippen molar-refractivity contribution in [2.75, 3.05) is 10.6 Å². The van der Waals surface area contributed by atoms with E-state index in [0.29, 0.717) is 22.9 Å². The third-order valence-corrected chi connectivity index (χ3v) is 4.19. The molecule has 1 aliphatic rings. The molecule has 0 radical (unpaired) electrons. The summed E-state index contributed by atoms with van der Waals surface area (Å²) in [5.74, 6) is -1.27. The van der Waals surface area contributed by atoms with Crippen LogP contribution >= 0.6 is 0 Å². The van der Waals surface area contributed by atoms with Crippen molar-refractivity contribution < 1.29 is 14.0 Å². The van der Waals surface area contributed by atoms with E-state index >= 15 is 0 Å². The van der Waals surface area contributed by atoms with Gasteiger partial charge in [0.1, 0.15) is 5.82 Å². The van der Waals surface area contributed by atoms with Crippen molar-refractivity contribution in [3.05, 3.63) is 59.4 Å². The summed E-state index contributed by atoms with van der Waals surface area (Å²) < 4.78 is 13.4. The van der Waals surface area contributed by atoms with Crippen molar-refractivity contribution in [1.29, 1.82) is 0 Å². The molecule has 0 saturated carbocycles. The molecule has 0 unspecified atom stereocenters. The Hall–Kier alpha value is -2.69. The third-order valence-electron chi connectivity index (χ3n) is 4.19. The first-order chi connectivity index (χ1) is 11.4. The predicted octanol–water partition coefficient (Wildman–Crippen LogP) is 4.01. The Bertz CT molecular complexity index is 802. The summed E-state index contributed by atoms with van der Waals surface area (Å²) in [6.07, 6.45) is 0.0499. The van der Waals surface area contributed by atoms with Gasteiger partial charge in [-0.3, -0.25) is 9.59 Å². The lowest BCUT2D eigenvalue weighted by molar-refractivity contribution is -0.123. The fraction of sp³-hybridized carbons (Fsp3) is 0.263. The highest BCUT2D eigenvalue weighted by atomic mass is 19.1. The Balaban J connectivity index is 1.86. The summed E-state index contributed by atoms with van der Waals surface area (Å²) >= 11 is 0. The Morgan fingerprint density at radius 1 is 1.25 bits per heavy atom. The van der Waals surface area contributed by atoms with Crippen LogP contribution in [0.1, 0.15) is 43.2 Å². The van der Waals surface area contributed by atoms with Gasteiger partial charge < -0.3 is 10.6 Å². The van der Waals surface area contributed by atoms with Gasteiger partial charge in [0, 0.05) is 17.8 Å². The van der Waals surface area contributed by atoms with E-state index in [4.69, 9.17) is 0 Å². The minimum atomic E-state index is -0.628. The average molecular weight is 326 g/mol. The fourth-order valence-corrected chi connectivity index (χ4v) is 2.88. The highest BCUT2D eigenvalue weighted by Gasteiger charge is 2.31. The van der Waals surface area contributed by atoms with E-state index in [1.165, 1.54) is 12.1 Å². The van der Waals surface area contributed by atoms with Crippen LogP contribution in [0.5, 0.6) is 0 Å². The third kappa shape index (κ3) is 3.30. The molecule has 3 rings (SSSR count). The maximum Gasteiger partial charge on any atom is 0.232 e. The van der Waals surface area contributed by atoms with Crippen molar-refractivity contribution in [3.63, 3.8) is 0 Å². The van der Waals surface area contributed by atoms with Crippen LogP contribution in [0.2, 0.25) is 0 Å². The second-order valence-corrected chi connectivity index (χ2v) is 6.31. The van der Waals surface area contributed by atoms with Crippen molar-refractivity contribution in [1.82, 2.24) is 0 Å². The van der Waals surface area contributed by atoms with Crippen LogP contribution in [0.4, 0.5) is 15.8 Å². The largest absolute Gasteiger partial charge is 0.326 e. The second-order valence-electron chi connectivity index (χ2n) is 6.31. The molecule has 0 bridgehead atoms. The minimum absolute atomic E-state index is 0.0499. The molecule has 2 N–H and O–H groups in total. The minimum Gasteiger partial charge on any atom is -0.326 e. The van der Waals surface area contributed by atoms with Crippen LogP contribution in [0.15, 0.2) is 42.5 Å². The van der Waals surface area contributed by atoms with Crippen LogP contribution in [0.25, 0.3) is 0 Å². The van der Waals surface area contributed by atoms with Gasteiger partial charge in [-0.15, -0.1) is 0 Å². The van der Waals surface area contributed by atoms with Gasteiger partial charge in [-0.05, 0) is 41.3 Å². The lowest BCUT2D eigenvalue weighted by atomic mass is 9.89. The summed E-state index contributed by atoms with van der Waals surface area (Å²) in [5, 5.41) is 5.48. The smallest absolute Gasteiger partial charge is 0.232 e. The van der Waals surface area contributed by atoms with E-state index in [9.17, 15) is 14.0 Å². The molecular weight excluding hydrogens is 307 g/mol. The van der Waals surface area contributed by atoms with Gasteiger partial charge in [-0.2, -0.15) is 0 Å². The number of fused-ring (bicyclic) bond motifs is 1. The highest BCUT2D eigenvalue weighted by molar-refractivity contribution is 6.05. The first-order valence-electron chi connectivity index (χ1n) is 7.94. The van der Waals surface area contributed by atoms with Crippen molar-refractivity contribution >= 4 is 23.2 Å².